The summed E-state index contributed by atoms with van der Waals surface area (Å²) in [6.45, 7) is 0.948. The fraction of sp³-hybridized carbons (Fsp3) is 0.526. The molecular weight excluding hydrogens is 467 g/mol. The molecule has 0 aromatic heterocycles. The van der Waals surface area contributed by atoms with Gasteiger partial charge in [-0.3, -0.25) is 14.9 Å². The predicted molar refractivity (Wildman–Crippen MR) is 113 cm³/mol. The number of benzene rings is 1. The minimum Gasteiger partial charge on any atom is -0.340 e. The molecule has 12 heteroatoms. The number of sulfonamides is 1. The summed E-state index contributed by atoms with van der Waals surface area (Å²) in [7, 11) is -3.73. The van der Waals surface area contributed by atoms with E-state index < -0.39 is 21.6 Å². The van der Waals surface area contributed by atoms with Gasteiger partial charge < -0.3 is 10.2 Å². The van der Waals surface area contributed by atoms with Crippen molar-refractivity contribution in [1.29, 1.82) is 0 Å². The Morgan fingerprint density at radius 3 is 2.23 bits per heavy atom. The monoisotopic (exact) mass is 488 g/mol. The summed E-state index contributed by atoms with van der Waals surface area (Å²) in [5.74, 6) is -0.607. The van der Waals surface area contributed by atoms with Crippen molar-refractivity contribution in [2.75, 3.05) is 26.2 Å². The standard InChI is InChI=1S/C19H22Cl2N4O5S/c20-14-2-1-13(11-15(14)21)31(29,30)25-9-7-24(8-10-25)16(26)12-3-5-19(6-4-12)17(27)22-18(28)23-19/h1-2,11-12H,3-10H2,(H2,22,23,27,28). The van der Waals surface area contributed by atoms with Gasteiger partial charge >= 0.3 is 6.03 Å². The van der Waals surface area contributed by atoms with Crippen LogP contribution in [-0.4, -0.2) is 67.2 Å². The second kappa shape index (κ2) is 8.23. The zero-order valence-corrected chi connectivity index (χ0v) is 18.9. The molecule has 3 fully saturated rings. The lowest BCUT2D eigenvalue weighted by Crippen LogP contribution is -2.54. The van der Waals surface area contributed by atoms with E-state index in [0.717, 1.165) is 0 Å². The van der Waals surface area contributed by atoms with Gasteiger partial charge in [-0.2, -0.15) is 4.31 Å². The molecule has 2 heterocycles. The van der Waals surface area contributed by atoms with E-state index in [-0.39, 0.29) is 58.9 Å². The highest BCUT2D eigenvalue weighted by atomic mass is 35.5. The Morgan fingerprint density at radius 2 is 1.68 bits per heavy atom. The summed E-state index contributed by atoms with van der Waals surface area (Å²) in [4.78, 5) is 38.2. The van der Waals surface area contributed by atoms with E-state index in [4.69, 9.17) is 23.2 Å². The summed E-state index contributed by atoms with van der Waals surface area (Å²) >= 11 is 11.8. The highest BCUT2D eigenvalue weighted by molar-refractivity contribution is 7.89. The average molecular weight is 489 g/mol. The van der Waals surface area contributed by atoms with Crippen LogP contribution < -0.4 is 10.6 Å². The first-order chi connectivity index (χ1) is 14.6. The molecule has 1 aliphatic carbocycles. The van der Waals surface area contributed by atoms with E-state index in [9.17, 15) is 22.8 Å². The number of hydrogen-bond acceptors (Lipinski definition) is 5. The van der Waals surface area contributed by atoms with Gasteiger partial charge in [-0.15, -0.1) is 0 Å². The lowest BCUT2D eigenvalue weighted by atomic mass is 9.76. The molecular formula is C19H22Cl2N4O5S. The van der Waals surface area contributed by atoms with Crippen LogP contribution in [0.2, 0.25) is 10.0 Å². The Labute approximate surface area is 190 Å². The molecule has 1 aromatic rings. The number of halogens is 2. The molecule has 1 aromatic carbocycles. The molecule has 9 nitrogen and oxygen atoms in total. The first-order valence-corrected chi connectivity index (χ1v) is 12.2. The normalized spacial score (nSPS) is 27.3. The van der Waals surface area contributed by atoms with Crippen molar-refractivity contribution in [3.63, 3.8) is 0 Å². The van der Waals surface area contributed by atoms with Crippen molar-refractivity contribution in [1.82, 2.24) is 19.8 Å². The quantitative estimate of drug-likeness (QED) is 0.626. The number of imide groups is 1. The average Bonchev–Trinajstić information content (AvgIpc) is 3.02. The largest absolute Gasteiger partial charge is 0.340 e. The Hall–Kier alpha value is -1.88. The fourth-order valence-corrected chi connectivity index (χ4v) is 6.24. The van der Waals surface area contributed by atoms with Gasteiger partial charge in [0, 0.05) is 32.1 Å². The summed E-state index contributed by atoms with van der Waals surface area (Å²) in [6, 6.07) is 3.69. The maximum atomic E-state index is 12.9. The lowest BCUT2D eigenvalue weighted by Gasteiger charge is -2.39. The van der Waals surface area contributed by atoms with E-state index in [1.54, 1.807) is 4.90 Å². The summed E-state index contributed by atoms with van der Waals surface area (Å²) in [5.41, 5.74) is -0.902. The molecule has 2 aliphatic heterocycles. The Balaban J connectivity index is 1.34. The van der Waals surface area contributed by atoms with Gasteiger partial charge in [-0.25, -0.2) is 13.2 Å². The SMILES string of the molecule is O=C1NC(=O)C2(CCC(C(=O)N3CCN(S(=O)(=O)c4ccc(Cl)c(Cl)c4)CC3)CC2)N1. The van der Waals surface area contributed by atoms with Crippen LogP contribution in [0.3, 0.4) is 0 Å². The molecule has 31 heavy (non-hydrogen) atoms. The van der Waals surface area contributed by atoms with Crippen LogP contribution in [0.25, 0.3) is 0 Å². The van der Waals surface area contributed by atoms with Gasteiger partial charge in [0.15, 0.2) is 0 Å². The number of hydrogen-bond donors (Lipinski definition) is 2. The van der Waals surface area contributed by atoms with Gasteiger partial charge in [0.05, 0.1) is 14.9 Å². The van der Waals surface area contributed by atoms with Gasteiger partial charge in [-0.05, 0) is 43.9 Å². The predicted octanol–water partition coefficient (Wildman–Crippen LogP) is 1.59. The number of amides is 4. The van der Waals surface area contributed by atoms with E-state index >= 15 is 0 Å². The van der Waals surface area contributed by atoms with Crippen LogP contribution >= 0.6 is 23.2 Å². The van der Waals surface area contributed by atoms with Crippen LogP contribution in [0.15, 0.2) is 23.1 Å². The highest BCUT2D eigenvalue weighted by Gasteiger charge is 2.49. The number of nitrogens with zero attached hydrogens (tertiary/aromatic N) is 2. The maximum Gasteiger partial charge on any atom is 0.322 e. The molecule has 2 N–H and O–H groups in total. The third-order valence-corrected chi connectivity index (χ3v) is 8.92. The first kappa shape index (κ1) is 22.3. The van der Waals surface area contributed by atoms with E-state index in [1.165, 1.54) is 22.5 Å². The van der Waals surface area contributed by atoms with Crippen LogP contribution in [0.5, 0.6) is 0 Å². The molecule has 0 bridgehead atoms. The summed E-state index contributed by atoms with van der Waals surface area (Å²) < 4.78 is 27.1. The van der Waals surface area contributed by atoms with E-state index in [1.807, 2.05) is 0 Å². The fourth-order valence-electron chi connectivity index (χ4n) is 4.43. The van der Waals surface area contributed by atoms with E-state index in [0.29, 0.717) is 25.7 Å². The molecule has 1 spiro atoms. The molecule has 168 valence electrons. The van der Waals surface area contributed by atoms with Crippen molar-refractivity contribution in [3.05, 3.63) is 28.2 Å². The van der Waals surface area contributed by atoms with E-state index in [2.05, 4.69) is 10.6 Å². The summed E-state index contributed by atoms with van der Waals surface area (Å²) in [6.07, 6.45) is 1.81. The second-order valence-electron chi connectivity index (χ2n) is 8.07. The topological polar surface area (TPSA) is 116 Å². The molecule has 4 amide bonds. The minimum absolute atomic E-state index is 0.0360. The Morgan fingerprint density at radius 1 is 1.03 bits per heavy atom. The molecule has 0 atom stereocenters. The van der Waals surface area contributed by atoms with Gasteiger partial charge in [0.2, 0.25) is 15.9 Å². The third-order valence-electron chi connectivity index (χ3n) is 6.28. The number of nitrogens with one attached hydrogen (secondary N) is 2. The van der Waals surface area contributed by atoms with Crippen molar-refractivity contribution in [2.45, 2.75) is 36.1 Å². The van der Waals surface area contributed by atoms with Crippen LogP contribution in [0.4, 0.5) is 4.79 Å². The molecule has 0 radical (unpaired) electrons. The van der Waals surface area contributed by atoms with Crippen molar-refractivity contribution in [3.8, 4) is 0 Å². The zero-order valence-electron chi connectivity index (χ0n) is 16.6. The zero-order chi connectivity index (χ0) is 22.4. The Bertz CT molecular complexity index is 1030. The smallest absolute Gasteiger partial charge is 0.322 e. The number of urea groups is 1. The number of piperazine rings is 1. The minimum atomic E-state index is -3.73. The third kappa shape index (κ3) is 4.13. The highest BCUT2D eigenvalue weighted by Crippen LogP contribution is 2.35. The second-order valence-corrected chi connectivity index (χ2v) is 10.8. The van der Waals surface area contributed by atoms with Crippen molar-refractivity contribution >= 4 is 51.1 Å². The first-order valence-electron chi connectivity index (χ1n) is 10.00. The molecule has 1 saturated carbocycles. The number of carbonyl (C=O) groups excluding carboxylic acids is 3. The maximum absolute atomic E-state index is 12.9. The molecule has 3 aliphatic rings. The molecule has 0 unspecified atom stereocenters. The Kier molecular flexibility index (Phi) is 5.93. The summed E-state index contributed by atoms with van der Waals surface area (Å²) in [5, 5.41) is 5.39. The van der Waals surface area contributed by atoms with Crippen molar-refractivity contribution in [2.24, 2.45) is 5.92 Å². The van der Waals surface area contributed by atoms with Crippen LogP contribution in [-0.2, 0) is 19.6 Å². The number of carbonyl (C=O) groups is 3. The molecule has 4 rings (SSSR count). The number of rotatable bonds is 3. The lowest BCUT2D eigenvalue weighted by molar-refractivity contribution is -0.139. The van der Waals surface area contributed by atoms with Gasteiger partial charge in [-0.1, -0.05) is 23.2 Å². The van der Waals surface area contributed by atoms with Crippen LogP contribution in [0, 0.1) is 5.92 Å². The molecule has 2 saturated heterocycles. The van der Waals surface area contributed by atoms with Crippen LogP contribution in [0.1, 0.15) is 25.7 Å². The van der Waals surface area contributed by atoms with Gasteiger partial charge in [0.1, 0.15) is 5.54 Å². The van der Waals surface area contributed by atoms with Gasteiger partial charge in [0.25, 0.3) is 5.91 Å². The van der Waals surface area contributed by atoms with Crippen molar-refractivity contribution < 1.29 is 22.8 Å².